The first-order valence-electron chi connectivity index (χ1n) is 3.94. The Morgan fingerprint density at radius 3 is 2.23 bits per heavy atom. The molecule has 0 saturated heterocycles. The summed E-state index contributed by atoms with van der Waals surface area (Å²) in [7, 11) is 2.56. The normalized spacial score (nSPS) is 17.7. The smallest absolute Gasteiger partial charge is 0.338 e. The maximum atomic E-state index is 11.1. The number of methoxy groups -OCH3 is 2. The van der Waals surface area contributed by atoms with Crippen molar-refractivity contribution in [2.24, 2.45) is 0 Å². The Morgan fingerprint density at radius 2 is 1.85 bits per heavy atom. The largest absolute Gasteiger partial charge is 0.467 e. The van der Waals surface area contributed by atoms with Crippen LogP contribution in [0, 0.1) is 0 Å². The minimum Gasteiger partial charge on any atom is -0.467 e. The van der Waals surface area contributed by atoms with E-state index in [1.165, 1.54) is 14.2 Å². The molecule has 0 aliphatic heterocycles. The highest BCUT2D eigenvalue weighted by Crippen LogP contribution is 2.40. The number of ether oxygens (including phenoxy) is 3. The Morgan fingerprint density at radius 1 is 1.23 bits per heavy atom. The fourth-order valence-corrected chi connectivity index (χ4v) is 0.963. The van der Waals surface area contributed by atoms with Crippen LogP contribution >= 0.6 is 0 Å². The van der Waals surface area contributed by atoms with Crippen molar-refractivity contribution in [2.75, 3.05) is 20.8 Å². The van der Waals surface area contributed by atoms with Crippen LogP contribution in [0.3, 0.4) is 0 Å². The zero-order valence-corrected chi connectivity index (χ0v) is 7.66. The molecule has 0 bridgehead atoms. The van der Waals surface area contributed by atoms with Gasteiger partial charge in [-0.05, 0) is 12.8 Å². The van der Waals surface area contributed by atoms with Gasteiger partial charge in [0.15, 0.2) is 5.60 Å². The summed E-state index contributed by atoms with van der Waals surface area (Å²) < 4.78 is 14.0. The highest BCUT2D eigenvalue weighted by Gasteiger charge is 2.53. The number of carbonyl (C=O) groups excluding carboxylic acids is 2. The van der Waals surface area contributed by atoms with Crippen molar-refractivity contribution in [1.82, 2.24) is 0 Å². The second-order valence-electron chi connectivity index (χ2n) is 2.85. The van der Waals surface area contributed by atoms with Crippen molar-refractivity contribution in [2.45, 2.75) is 18.4 Å². The molecule has 1 saturated carbocycles. The van der Waals surface area contributed by atoms with E-state index in [0.717, 1.165) is 0 Å². The van der Waals surface area contributed by atoms with Gasteiger partial charge in [-0.15, -0.1) is 0 Å². The molecule has 74 valence electrons. The first-order valence-corrected chi connectivity index (χ1v) is 3.94. The van der Waals surface area contributed by atoms with Gasteiger partial charge in [0.25, 0.3) is 0 Å². The minimum absolute atomic E-state index is 0.203. The second kappa shape index (κ2) is 3.74. The third kappa shape index (κ3) is 2.18. The van der Waals surface area contributed by atoms with Gasteiger partial charge >= 0.3 is 11.9 Å². The van der Waals surface area contributed by atoms with Gasteiger partial charge in [-0.1, -0.05) is 0 Å². The average molecular weight is 188 g/mol. The van der Waals surface area contributed by atoms with Crippen molar-refractivity contribution in [1.29, 1.82) is 0 Å². The van der Waals surface area contributed by atoms with E-state index in [9.17, 15) is 9.59 Å². The lowest BCUT2D eigenvalue weighted by molar-refractivity contribution is -0.163. The molecule has 1 aliphatic carbocycles. The Kier molecular flexibility index (Phi) is 2.87. The highest BCUT2D eigenvalue weighted by atomic mass is 16.6. The quantitative estimate of drug-likeness (QED) is 0.575. The van der Waals surface area contributed by atoms with Crippen molar-refractivity contribution < 1.29 is 23.8 Å². The van der Waals surface area contributed by atoms with Gasteiger partial charge in [0.1, 0.15) is 6.61 Å². The molecular weight excluding hydrogens is 176 g/mol. The molecule has 5 nitrogen and oxygen atoms in total. The summed E-state index contributed by atoms with van der Waals surface area (Å²) in [6.45, 7) is -0.203. The molecule has 1 rings (SSSR count). The van der Waals surface area contributed by atoms with Gasteiger partial charge in [-0.2, -0.15) is 0 Å². The molecular formula is C8H12O5. The summed E-state index contributed by atoms with van der Waals surface area (Å²) in [5.41, 5.74) is -0.872. The number of rotatable bonds is 4. The van der Waals surface area contributed by atoms with Crippen LogP contribution in [0.25, 0.3) is 0 Å². The Labute approximate surface area is 76.0 Å². The van der Waals surface area contributed by atoms with E-state index in [1.54, 1.807) is 0 Å². The zero-order valence-electron chi connectivity index (χ0n) is 7.66. The molecule has 0 aromatic carbocycles. The third-order valence-corrected chi connectivity index (χ3v) is 1.96. The molecule has 0 N–H and O–H groups in total. The van der Waals surface area contributed by atoms with Crippen molar-refractivity contribution in [3.8, 4) is 0 Å². The van der Waals surface area contributed by atoms with Crippen molar-refractivity contribution in [3.05, 3.63) is 0 Å². The van der Waals surface area contributed by atoms with Gasteiger partial charge < -0.3 is 14.2 Å². The van der Waals surface area contributed by atoms with Gasteiger partial charge in [-0.25, -0.2) is 9.59 Å². The molecule has 1 aliphatic rings. The van der Waals surface area contributed by atoms with Crippen LogP contribution in [-0.4, -0.2) is 38.4 Å². The Hall–Kier alpha value is -1.10. The monoisotopic (exact) mass is 188 g/mol. The van der Waals surface area contributed by atoms with Crippen molar-refractivity contribution >= 4 is 11.9 Å². The summed E-state index contributed by atoms with van der Waals surface area (Å²) in [5.74, 6) is -0.911. The molecule has 1 fully saturated rings. The predicted molar refractivity (Wildman–Crippen MR) is 41.9 cm³/mol. The van der Waals surface area contributed by atoms with Crippen LogP contribution in [0.2, 0.25) is 0 Å². The van der Waals surface area contributed by atoms with Crippen LogP contribution < -0.4 is 0 Å². The fourth-order valence-electron chi connectivity index (χ4n) is 0.963. The van der Waals surface area contributed by atoms with Gasteiger partial charge in [0, 0.05) is 0 Å². The summed E-state index contributed by atoms with van der Waals surface area (Å²) in [6, 6.07) is 0. The lowest BCUT2D eigenvalue weighted by atomic mass is 10.3. The van der Waals surface area contributed by atoms with E-state index < -0.39 is 17.5 Å². The molecule has 0 atom stereocenters. The fraction of sp³-hybridized carbons (Fsp3) is 0.750. The zero-order chi connectivity index (χ0) is 9.90. The molecule has 0 amide bonds. The topological polar surface area (TPSA) is 61.8 Å². The van der Waals surface area contributed by atoms with E-state index in [1.807, 2.05) is 0 Å². The first-order chi connectivity index (χ1) is 6.14. The summed E-state index contributed by atoms with van der Waals surface area (Å²) in [6.07, 6.45) is 1.22. The van der Waals surface area contributed by atoms with Gasteiger partial charge in [0.2, 0.25) is 0 Å². The third-order valence-electron chi connectivity index (χ3n) is 1.96. The van der Waals surface area contributed by atoms with E-state index in [0.29, 0.717) is 12.8 Å². The number of carbonyl (C=O) groups is 2. The summed E-state index contributed by atoms with van der Waals surface area (Å²) in [4.78, 5) is 21.8. The van der Waals surface area contributed by atoms with E-state index >= 15 is 0 Å². The van der Waals surface area contributed by atoms with Crippen LogP contribution in [0.5, 0.6) is 0 Å². The van der Waals surface area contributed by atoms with E-state index in [4.69, 9.17) is 4.74 Å². The minimum atomic E-state index is -0.872. The molecule has 0 aromatic rings. The predicted octanol–water partition coefficient (Wildman–Crippen LogP) is -0.118. The maximum Gasteiger partial charge on any atom is 0.338 e. The summed E-state index contributed by atoms with van der Waals surface area (Å²) >= 11 is 0. The molecule has 0 unspecified atom stereocenters. The average Bonchev–Trinajstić information content (AvgIpc) is 2.94. The SMILES string of the molecule is COC(=O)COC1(C(=O)OC)CC1. The van der Waals surface area contributed by atoms with Crippen molar-refractivity contribution in [3.63, 3.8) is 0 Å². The van der Waals surface area contributed by atoms with Gasteiger partial charge in [0.05, 0.1) is 14.2 Å². The standard InChI is InChI=1S/C8H12O5/c1-11-6(9)5-13-8(3-4-8)7(10)12-2/h3-5H2,1-2H3. The van der Waals surface area contributed by atoms with Crippen LogP contribution in [0.15, 0.2) is 0 Å². The molecule has 0 radical (unpaired) electrons. The molecule has 0 spiro atoms. The molecule has 13 heavy (non-hydrogen) atoms. The second-order valence-corrected chi connectivity index (χ2v) is 2.85. The Balaban J connectivity index is 2.36. The van der Waals surface area contributed by atoms with Crippen LogP contribution in [-0.2, 0) is 23.8 Å². The molecule has 0 heterocycles. The van der Waals surface area contributed by atoms with Crippen LogP contribution in [0.1, 0.15) is 12.8 Å². The van der Waals surface area contributed by atoms with Crippen LogP contribution in [0.4, 0.5) is 0 Å². The highest BCUT2D eigenvalue weighted by molar-refractivity contribution is 5.83. The molecule has 0 aromatic heterocycles. The Bertz CT molecular complexity index is 219. The summed E-state index contributed by atoms with van der Waals surface area (Å²) in [5, 5.41) is 0. The number of hydrogen-bond acceptors (Lipinski definition) is 5. The molecule has 5 heteroatoms. The maximum absolute atomic E-state index is 11.1. The number of esters is 2. The lowest BCUT2D eigenvalue weighted by Crippen LogP contribution is -2.30. The van der Waals surface area contributed by atoms with Gasteiger partial charge in [-0.3, -0.25) is 0 Å². The lowest BCUT2D eigenvalue weighted by Gasteiger charge is -2.12. The number of hydrogen-bond donors (Lipinski definition) is 0. The van der Waals surface area contributed by atoms with E-state index in [-0.39, 0.29) is 6.61 Å². The van der Waals surface area contributed by atoms with E-state index in [2.05, 4.69) is 9.47 Å². The first kappa shape index (κ1) is 9.98.